The summed E-state index contributed by atoms with van der Waals surface area (Å²) in [5.74, 6) is -0.962. The van der Waals surface area contributed by atoms with Crippen LogP contribution >= 0.6 is 0 Å². The van der Waals surface area contributed by atoms with Gasteiger partial charge in [-0.3, -0.25) is 9.59 Å². The molecule has 74 heavy (non-hydrogen) atoms. The molecule has 0 saturated carbocycles. The molecule has 0 radical (unpaired) electrons. The van der Waals surface area contributed by atoms with Crippen molar-refractivity contribution in [2.24, 2.45) is 17.3 Å². The number of fused-ring (bicyclic) bond motifs is 2. The van der Waals surface area contributed by atoms with E-state index in [0.29, 0.717) is 81.1 Å². The fraction of sp³-hybridized carbons (Fsp3) is 0.593. The van der Waals surface area contributed by atoms with Crippen LogP contribution in [0.2, 0.25) is 0 Å². The lowest BCUT2D eigenvalue weighted by Gasteiger charge is -2.43. The number of likely N-dealkylation sites (tertiary alicyclic amines) is 2. The van der Waals surface area contributed by atoms with Crippen LogP contribution in [0.3, 0.4) is 0 Å². The van der Waals surface area contributed by atoms with Gasteiger partial charge in [0, 0.05) is 76.8 Å². The van der Waals surface area contributed by atoms with Crippen molar-refractivity contribution >= 4 is 52.5 Å². The Labute approximate surface area is 431 Å². The number of aromatic nitrogens is 4. The number of hydrogen-bond acceptors (Lipinski definition) is 12. The summed E-state index contributed by atoms with van der Waals surface area (Å²) in [4.78, 5) is 77.8. The van der Waals surface area contributed by atoms with Crippen LogP contribution in [0.25, 0.3) is 17.1 Å². The van der Waals surface area contributed by atoms with Crippen LogP contribution in [-0.4, -0.2) is 139 Å². The van der Waals surface area contributed by atoms with Gasteiger partial charge in [0.1, 0.15) is 29.4 Å². The van der Waals surface area contributed by atoms with Gasteiger partial charge in [-0.05, 0) is 79.8 Å². The Hall–Kier alpha value is -6.28. The summed E-state index contributed by atoms with van der Waals surface area (Å²) in [6.45, 7) is 11.4. The fourth-order valence-corrected chi connectivity index (χ4v) is 12.2. The molecular formula is C54H72F2N10O8. The number of ether oxygens (including phenoxy) is 4. The van der Waals surface area contributed by atoms with E-state index in [4.69, 9.17) is 28.9 Å². The third-order valence-electron chi connectivity index (χ3n) is 16.2. The van der Waals surface area contributed by atoms with Crippen molar-refractivity contribution in [3.63, 3.8) is 0 Å². The number of halogens is 2. The minimum absolute atomic E-state index is 0.00979. The highest BCUT2D eigenvalue weighted by Crippen LogP contribution is 2.51. The Morgan fingerprint density at radius 1 is 0.743 bits per heavy atom. The predicted octanol–water partition coefficient (Wildman–Crippen LogP) is 7.88. The number of amides is 4. The minimum Gasteiger partial charge on any atom is -0.453 e. The van der Waals surface area contributed by atoms with Gasteiger partial charge in [0.25, 0.3) is 0 Å². The van der Waals surface area contributed by atoms with Crippen LogP contribution in [-0.2, 0) is 35.0 Å². The Morgan fingerprint density at radius 2 is 1.31 bits per heavy atom. The maximum atomic E-state index is 16.6. The third kappa shape index (κ3) is 10.1. The number of nitrogens with one attached hydrogen (secondary N) is 4. The van der Waals surface area contributed by atoms with Gasteiger partial charge in [-0.2, -0.15) is 0 Å². The van der Waals surface area contributed by atoms with E-state index >= 15 is 8.78 Å². The Kier molecular flexibility index (Phi) is 15.3. The van der Waals surface area contributed by atoms with Gasteiger partial charge < -0.3 is 59.1 Å². The zero-order chi connectivity index (χ0) is 52.7. The maximum absolute atomic E-state index is 16.6. The molecule has 4 saturated heterocycles. The van der Waals surface area contributed by atoms with Crippen LogP contribution in [0.4, 0.5) is 29.7 Å². The monoisotopic (exact) mass is 1030 g/mol. The largest absolute Gasteiger partial charge is 0.453 e. The number of nitrogens with zero attached hydrogens (tertiary/aromatic N) is 6. The number of rotatable bonds is 14. The average molecular weight is 1030 g/mol. The second-order valence-electron chi connectivity index (χ2n) is 21.6. The van der Waals surface area contributed by atoms with Crippen LogP contribution in [0.15, 0.2) is 36.4 Å². The number of alkyl carbamates (subject to hydrolysis) is 2. The normalized spacial score (nSPS) is 25.7. The summed E-state index contributed by atoms with van der Waals surface area (Å²) < 4.78 is 54.5. The second-order valence-corrected chi connectivity index (χ2v) is 21.6. The zero-order valence-electron chi connectivity index (χ0n) is 44.0. The van der Waals surface area contributed by atoms with Crippen molar-refractivity contribution in [1.82, 2.24) is 40.4 Å². The van der Waals surface area contributed by atoms with Gasteiger partial charge >= 0.3 is 12.2 Å². The highest BCUT2D eigenvalue weighted by atomic mass is 19.1. The first kappa shape index (κ1) is 52.6. The van der Waals surface area contributed by atoms with Gasteiger partial charge in [-0.15, -0.1) is 0 Å². The van der Waals surface area contributed by atoms with E-state index in [1.807, 2.05) is 56.9 Å². The molecule has 9 rings (SSSR count). The molecule has 4 N–H and O–H groups in total. The first-order valence-corrected chi connectivity index (χ1v) is 26.1. The molecule has 0 bridgehead atoms. The number of H-pyrrole nitrogens is 2. The molecule has 2 aromatic carbocycles. The molecule has 2 aromatic heterocycles. The topological polar surface area (TPSA) is 200 Å². The number of hydrogen-bond donors (Lipinski definition) is 4. The van der Waals surface area contributed by atoms with E-state index in [2.05, 4.69) is 38.5 Å². The number of anilines is 2. The molecule has 1 unspecified atom stereocenters. The van der Waals surface area contributed by atoms with Gasteiger partial charge in [0.2, 0.25) is 11.8 Å². The molecule has 400 valence electrons. The van der Waals surface area contributed by atoms with E-state index in [0.717, 1.165) is 41.7 Å². The molecular weight excluding hydrogens is 955 g/mol. The number of aromatic amines is 2. The van der Waals surface area contributed by atoms with Gasteiger partial charge in [0.15, 0.2) is 11.6 Å². The minimum atomic E-state index is -0.832. The molecule has 5 aliphatic rings. The standard InChI is InChI=1S/C54H72F2N10O8/c1-29(2)45(61-52(69)73-8)50(67)64-27-33(71-6)24-42(64)48-57-37-14-13-31(21-39(37)59-48)41-15-16-44(66(41)32-22-35(55)47(36(56)23-32)63-19-11-10-12-20-63)54(5)18-17-38-40(26-54)60-49(58-38)43-25-34(72-7)28-65(43)51(68)46(30(3)4)62-53(70)74-9/h13-14,17-18,21-23,29-30,33-34,41-46H,10-12,15-16,19-20,24-28H2,1-9H3,(H,57,59)(H,58,60)(H,61,69)(H,62,70)/t33-,34-,41+,42-,43-,44+,45-,46-,54?/m0/s1. The number of carbonyl (C=O) groups excluding carboxylic acids is 4. The molecule has 4 aromatic rings. The van der Waals surface area contributed by atoms with Crippen molar-refractivity contribution in [3.05, 3.63) is 76.6 Å². The molecule has 1 aliphatic carbocycles. The predicted molar refractivity (Wildman–Crippen MR) is 274 cm³/mol. The van der Waals surface area contributed by atoms with Crippen LogP contribution in [0.5, 0.6) is 0 Å². The highest BCUT2D eigenvalue weighted by Gasteiger charge is 2.48. The average Bonchev–Trinajstić information content (AvgIpc) is 4.25. The van der Waals surface area contributed by atoms with Gasteiger partial charge in [-0.25, -0.2) is 28.3 Å². The number of benzene rings is 2. The van der Waals surface area contributed by atoms with Gasteiger partial charge in [-0.1, -0.05) is 46.8 Å². The number of imidazole rings is 2. The SMILES string of the molecule is COC(=O)N[C@H](C(=O)N1C[C@@H](OC)C[C@H]1c1nc2c([nH]1)C=CC(C)([C@H]1CC[C@H](c3ccc4[nH]c([C@@H]5C[C@H](OC)CN5C(=O)[C@@H](NC(=O)OC)C(C)C)nc4c3)N1c1cc(F)c(N3CCCCC3)c(F)c1)C2)C(C)C. The number of piperidine rings is 1. The summed E-state index contributed by atoms with van der Waals surface area (Å²) in [5, 5.41) is 5.42. The fourth-order valence-electron chi connectivity index (χ4n) is 12.2. The lowest BCUT2D eigenvalue weighted by Crippen LogP contribution is -2.51. The Balaban J connectivity index is 1.04. The quantitative estimate of drug-likeness (QED) is 0.0955. The van der Waals surface area contributed by atoms with Crippen molar-refractivity contribution in [1.29, 1.82) is 0 Å². The highest BCUT2D eigenvalue weighted by molar-refractivity contribution is 5.87. The molecule has 6 heterocycles. The summed E-state index contributed by atoms with van der Waals surface area (Å²) in [6, 6.07) is 5.89. The first-order valence-electron chi connectivity index (χ1n) is 26.1. The van der Waals surface area contributed by atoms with Crippen LogP contribution in [0, 0.1) is 28.9 Å². The van der Waals surface area contributed by atoms with E-state index in [1.54, 1.807) is 24.0 Å². The van der Waals surface area contributed by atoms with E-state index in [-0.39, 0.29) is 53.6 Å². The number of methoxy groups -OCH3 is 4. The van der Waals surface area contributed by atoms with E-state index in [9.17, 15) is 19.2 Å². The van der Waals surface area contributed by atoms with E-state index in [1.165, 1.54) is 26.4 Å². The lowest BCUT2D eigenvalue weighted by molar-refractivity contribution is -0.136. The molecule has 0 spiro atoms. The summed E-state index contributed by atoms with van der Waals surface area (Å²) >= 11 is 0. The van der Waals surface area contributed by atoms with Crippen LogP contribution < -0.4 is 20.4 Å². The summed E-state index contributed by atoms with van der Waals surface area (Å²) in [5.41, 5.74) is 3.87. The number of carbonyl (C=O) groups is 4. The second kappa shape index (κ2) is 21.5. The van der Waals surface area contributed by atoms with Crippen LogP contribution in [0.1, 0.15) is 126 Å². The Bertz CT molecular complexity index is 2730. The maximum Gasteiger partial charge on any atom is 0.407 e. The van der Waals surface area contributed by atoms with Crippen molar-refractivity contribution in [3.8, 4) is 0 Å². The Morgan fingerprint density at radius 3 is 1.85 bits per heavy atom. The van der Waals surface area contributed by atoms with E-state index < -0.39 is 53.4 Å². The van der Waals surface area contributed by atoms with Crippen molar-refractivity contribution in [2.75, 3.05) is 64.4 Å². The van der Waals surface area contributed by atoms with Gasteiger partial charge in [0.05, 0.1) is 67.0 Å². The lowest BCUT2D eigenvalue weighted by atomic mass is 9.74. The first-order chi connectivity index (χ1) is 35.4. The molecule has 9 atom stereocenters. The third-order valence-corrected chi connectivity index (χ3v) is 16.2. The molecule has 4 fully saturated rings. The van der Waals surface area contributed by atoms with Crippen molar-refractivity contribution < 1.29 is 46.9 Å². The zero-order valence-corrected chi connectivity index (χ0v) is 44.0. The summed E-state index contributed by atoms with van der Waals surface area (Å²) in [7, 11) is 5.76. The molecule has 4 aliphatic heterocycles. The molecule has 4 amide bonds. The smallest absolute Gasteiger partial charge is 0.407 e. The molecule has 18 nitrogen and oxygen atoms in total. The van der Waals surface area contributed by atoms with Crippen molar-refractivity contribution in [2.45, 2.75) is 134 Å². The molecule has 20 heteroatoms. The summed E-state index contributed by atoms with van der Waals surface area (Å²) in [6.07, 6.45) is 7.94.